The van der Waals surface area contributed by atoms with Gasteiger partial charge in [0.2, 0.25) is 0 Å². The Balaban J connectivity index is 1.96. The highest BCUT2D eigenvalue weighted by Crippen LogP contribution is 2.25. The number of hydrogen-bond donors (Lipinski definition) is 1. The van der Waals surface area contributed by atoms with Crippen LogP contribution in [0, 0.1) is 52.9 Å². The lowest BCUT2D eigenvalue weighted by Crippen LogP contribution is -2.13. The minimum absolute atomic E-state index is 0.0785. The van der Waals surface area contributed by atoms with Gasteiger partial charge in [-0.05, 0) is 106 Å². The number of carbonyl (C=O) groups is 1. The first-order chi connectivity index (χ1) is 14.2. The van der Waals surface area contributed by atoms with Crippen LogP contribution in [-0.4, -0.2) is 10.5 Å². The van der Waals surface area contributed by atoms with Crippen LogP contribution in [0.25, 0.3) is 11.8 Å². The van der Waals surface area contributed by atoms with E-state index >= 15 is 0 Å². The molecule has 0 aliphatic rings. The molecule has 3 aromatic rings. The van der Waals surface area contributed by atoms with Gasteiger partial charge >= 0.3 is 0 Å². The monoisotopic (exact) mass is 397 g/mol. The number of carbonyl (C=O) groups excluding carboxylic acids is 1. The molecule has 152 valence electrons. The molecule has 0 bridgehead atoms. The second-order valence-corrected chi connectivity index (χ2v) is 8.01. The first-order valence-electron chi connectivity index (χ1n) is 9.97. The van der Waals surface area contributed by atoms with E-state index in [4.69, 9.17) is 0 Å². The molecule has 1 amide bonds. The van der Waals surface area contributed by atoms with E-state index in [1.165, 1.54) is 11.1 Å². The number of amides is 1. The van der Waals surface area contributed by atoms with Crippen LogP contribution >= 0.6 is 0 Å². The van der Waals surface area contributed by atoms with Gasteiger partial charge in [0.1, 0.15) is 11.6 Å². The molecule has 4 nitrogen and oxygen atoms in total. The molecule has 0 spiro atoms. The summed E-state index contributed by atoms with van der Waals surface area (Å²) in [6.07, 6.45) is 1.67. The Labute approximate surface area is 178 Å². The predicted octanol–water partition coefficient (Wildman–Crippen LogP) is 5.87. The summed E-state index contributed by atoms with van der Waals surface area (Å²) < 4.78 is 2.16. The maximum Gasteiger partial charge on any atom is 0.266 e. The Kier molecular flexibility index (Phi) is 5.94. The normalized spacial score (nSPS) is 11.3. The second-order valence-electron chi connectivity index (χ2n) is 8.01. The Bertz CT molecular complexity index is 1170. The zero-order chi connectivity index (χ0) is 22.0. The molecule has 4 heteroatoms. The van der Waals surface area contributed by atoms with Gasteiger partial charge in [-0.1, -0.05) is 12.1 Å². The largest absolute Gasteiger partial charge is 0.321 e. The summed E-state index contributed by atoms with van der Waals surface area (Å²) in [5.41, 5.74) is 9.27. The molecule has 0 radical (unpaired) electrons. The molecule has 1 N–H and O–H groups in total. The van der Waals surface area contributed by atoms with Gasteiger partial charge in [-0.3, -0.25) is 4.79 Å². The van der Waals surface area contributed by atoms with Crippen molar-refractivity contribution in [3.05, 3.63) is 87.2 Å². The zero-order valence-corrected chi connectivity index (χ0v) is 18.4. The van der Waals surface area contributed by atoms with Gasteiger partial charge in [-0.15, -0.1) is 0 Å². The fraction of sp³-hybridized carbons (Fsp3) is 0.231. The fourth-order valence-corrected chi connectivity index (χ4v) is 3.96. The van der Waals surface area contributed by atoms with Crippen LogP contribution in [-0.2, 0) is 4.79 Å². The van der Waals surface area contributed by atoms with Gasteiger partial charge in [0.25, 0.3) is 5.91 Å². The summed E-state index contributed by atoms with van der Waals surface area (Å²) in [6, 6.07) is 16.3. The summed E-state index contributed by atoms with van der Waals surface area (Å²) in [5, 5.41) is 12.5. The second kappa shape index (κ2) is 8.42. The maximum absolute atomic E-state index is 12.7. The predicted molar refractivity (Wildman–Crippen MR) is 123 cm³/mol. The third-order valence-electron chi connectivity index (χ3n) is 5.08. The summed E-state index contributed by atoms with van der Waals surface area (Å²) >= 11 is 0. The topological polar surface area (TPSA) is 57.8 Å². The first-order valence-corrected chi connectivity index (χ1v) is 9.97. The van der Waals surface area contributed by atoms with E-state index in [1.807, 2.05) is 52.0 Å². The van der Waals surface area contributed by atoms with Crippen LogP contribution in [0.4, 0.5) is 5.69 Å². The van der Waals surface area contributed by atoms with E-state index in [0.29, 0.717) is 5.69 Å². The van der Waals surface area contributed by atoms with Crippen LogP contribution in [0.1, 0.15) is 39.2 Å². The highest BCUT2D eigenvalue weighted by molar-refractivity contribution is 6.09. The molecule has 2 aromatic carbocycles. The van der Waals surface area contributed by atoms with Crippen molar-refractivity contribution >= 4 is 17.7 Å². The van der Waals surface area contributed by atoms with Gasteiger partial charge in [0.05, 0.1) is 0 Å². The van der Waals surface area contributed by atoms with Crippen molar-refractivity contribution in [1.29, 1.82) is 5.26 Å². The summed E-state index contributed by atoms with van der Waals surface area (Å²) in [6.45, 7) is 12.2. The molecule has 0 fully saturated rings. The molecule has 0 atom stereocenters. The lowest BCUT2D eigenvalue weighted by atomic mass is 10.1. The third kappa shape index (κ3) is 4.52. The molecule has 3 rings (SSSR count). The first kappa shape index (κ1) is 21.1. The molecular weight excluding hydrogens is 370 g/mol. The van der Waals surface area contributed by atoms with E-state index in [9.17, 15) is 10.1 Å². The smallest absolute Gasteiger partial charge is 0.266 e. The minimum atomic E-state index is -0.404. The highest BCUT2D eigenvalue weighted by atomic mass is 16.1. The Morgan fingerprint density at radius 1 is 0.867 bits per heavy atom. The molecule has 1 aromatic heterocycles. The number of benzene rings is 2. The lowest BCUT2D eigenvalue weighted by Gasteiger charge is -2.12. The van der Waals surface area contributed by atoms with E-state index in [-0.39, 0.29) is 5.57 Å². The molecule has 0 aliphatic heterocycles. The van der Waals surface area contributed by atoms with Crippen LogP contribution in [0.5, 0.6) is 0 Å². The molecule has 0 saturated carbocycles. The quantitative estimate of drug-likeness (QED) is 0.442. The average Bonchev–Trinajstić information content (AvgIpc) is 2.91. The van der Waals surface area contributed by atoms with Gasteiger partial charge < -0.3 is 9.88 Å². The van der Waals surface area contributed by atoms with Gasteiger partial charge in [-0.25, -0.2) is 0 Å². The van der Waals surface area contributed by atoms with E-state index in [1.54, 1.807) is 6.08 Å². The molecule has 30 heavy (non-hydrogen) atoms. The summed E-state index contributed by atoms with van der Waals surface area (Å²) in [4.78, 5) is 12.7. The number of nitriles is 1. The number of aromatic nitrogens is 1. The maximum atomic E-state index is 12.7. The SMILES string of the molecule is Cc1cc(C)cc(NC(=O)C(C#N)=Cc2cc(C)n(-c3cc(C)cc(C)c3)c2C)c1. The van der Waals surface area contributed by atoms with Crippen LogP contribution in [0.3, 0.4) is 0 Å². The van der Waals surface area contributed by atoms with Crippen molar-refractivity contribution < 1.29 is 4.79 Å². The minimum Gasteiger partial charge on any atom is -0.321 e. The average molecular weight is 398 g/mol. The van der Waals surface area contributed by atoms with Gasteiger partial charge in [0.15, 0.2) is 0 Å². The standard InChI is InChI=1S/C26H27N3O/c1-16-7-17(2)10-24(9-16)28-26(30)23(15-27)14-22-13-20(5)29(21(22)6)25-11-18(3)8-19(4)12-25/h7-14H,1-6H3,(H,28,30). The number of nitrogens with one attached hydrogen (secondary N) is 1. The van der Waals surface area contributed by atoms with E-state index < -0.39 is 5.91 Å². The highest BCUT2D eigenvalue weighted by Gasteiger charge is 2.14. The third-order valence-corrected chi connectivity index (χ3v) is 5.08. The van der Waals surface area contributed by atoms with E-state index in [2.05, 4.69) is 48.0 Å². The number of rotatable bonds is 4. The zero-order valence-electron chi connectivity index (χ0n) is 18.4. The van der Waals surface area contributed by atoms with E-state index in [0.717, 1.165) is 33.8 Å². The molecule has 0 saturated heterocycles. The van der Waals surface area contributed by atoms with Crippen molar-refractivity contribution in [1.82, 2.24) is 4.57 Å². The van der Waals surface area contributed by atoms with Gasteiger partial charge in [0, 0.05) is 22.8 Å². The van der Waals surface area contributed by atoms with Crippen LogP contribution in [0.15, 0.2) is 48.0 Å². The van der Waals surface area contributed by atoms with Crippen molar-refractivity contribution in [2.75, 3.05) is 5.32 Å². The molecule has 0 aliphatic carbocycles. The van der Waals surface area contributed by atoms with Gasteiger partial charge in [-0.2, -0.15) is 5.26 Å². The Morgan fingerprint density at radius 3 is 1.93 bits per heavy atom. The van der Waals surface area contributed by atoms with Crippen molar-refractivity contribution in [3.63, 3.8) is 0 Å². The van der Waals surface area contributed by atoms with Crippen LogP contribution in [0.2, 0.25) is 0 Å². The number of nitrogens with zero attached hydrogens (tertiary/aromatic N) is 2. The number of hydrogen-bond acceptors (Lipinski definition) is 2. The number of anilines is 1. The van der Waals surface area contributed by atoms with Crippen molar-refractivity contribution in [2.45, 2.75) is 41.5 Å². The molecule has 0 unspecified atom stereocenters. The summed E-state index contributed by atoms with van der Waals surface area (Å²) in [5.74, 6) is -0.404. The van der Waals surface area contributed by atoms with Crippen molar-refractivity contribution in [3.8, 4) is 11.8 Å². The Hall–Kier alpha value is -3.58. The van der Waals surface area contributed by atoms with Crippen molar-refractivity contribution in [2.24, 2.45) is 0 Å². The fourth-order valence-electron chi connectivity index (χ4n) is 3.96. The molecular formula is C26H27N3O. The molecule has 1 heterocycles. The van der Waals surface area contributed by atoms with Crippen LogP contribution < -0.4 is 5.32 Å². The lowest BCUT2D eigenvalue weighted by molar-refractivity contribution is -0.112. The Morgan fingerprint density at radius 2 is 1.40 bits per heavy atom. The summed E-state index contributed by atoms with van der Waals surface area (Å²) in [7, 11) is 0. The number of aryl methyl sites for hydroxylation is 5.